The van der Waals surface area contributed by atoms with E-state index >= 15 is 0 Å². The van der Waals surface area contributed by atoms with Gasteiger partial charge in [-0.2, -0.15) is 17.5 Å². The highest BCUT2D eigenvalue weighted by Crippen LogP contribution is 2.30. The molecule has 1 fully saturated rings. The summed E-state index contributed by atoms with van der Waals surface area (Å²) < 4.78 is 77.5. The number of carbonyl (C=O) groups excluding carboxylic acids is 1. The second-order valence-electron chi connectivity index (χ2n) is 7.11. The zero-order valence-electron chi connectivity index (χ0n) is 16.4. The molecule has 2 aromatic rings. The molecule has 2 aromatic carbocycles. The zero-order valence-corrected chi connectivity index (χ0v) is 17.2. The van der Waals surface area contributed by atoms with E-state index in [4.69, 9.17) is 0 Å². The fraction of sp³-hybridized carbons (Fsp3) is 0.350. The molecule has 31 heavy (non-hydrogen) atoms. The Kier molecular flexibility index (Phi) is 6.97. The van der Waals surface area contributed by atoms with Gasteiger partial charge in [-0.1, -0.05) is 12.1 Å². The molecule has 0 saturated carbocycles. The lowest BCUT2D eigenvalue weighted by Crippen LogP contribution is -2.50. The number of amides is 1. The Bertz CT molecular complexity index is 1000. The molecule has 1 aliphatic rings. The predicted octanol–water partition coefficient (Wildman–Crippen LogP) is 2.47. The molecular weight excluding hydrogens is 438 g/mol. The van der Waals surface area contributed by atoms with Gasteiger partial charge in [0.25, 0.3) is 0 Å². The van der Waals surface area contributed by atoms with E-state index in [-0.39, 0.29) is 42.8 Å². The first kappa shape index (κ1) is 23.2. The summed E-state index contributed by atoms with van der Waals surface area (Å²) in [5.74, 6) is -0.609. The van der Waals surface area contributed by atoms with Crippen molar-refractivity contribution in [3.05, 3.63) is 65.5 Å². The minimum absolute atomic E-state index is 0.0787. The van der Waals surface area contributed by atoms with Crippen molar-refractivity contribution in [1.82, 2.24) is 14.5 Å². The lowest BCUT2D eigenvalue weighted by atomic mass is 10.2. The van der Waals surface area contributed by atoms with E-state index in [9.17, 15) is 30.8 Å². The van der Waals surface area contributed by atoms with Gasteiger partial charge in [-0.15, -0.1) is 0 Å². The molecule has 1 amide bonds. The summed E-state index contributed by atoms with van der Waals surface area (Å²) in [6.45, 7) is 1.19. The predicted molar refractivity (Wildman–Crippen MR) is 105 cm³/mol. The van der Waals surface area contributed by atoms with Crippen LogP contribution in [0.4, 0.5) is 17.6 Å². The van der Waals surface area contributed by atoms with Gasteiger partial charge in [-0.3, -0.25) is 9.69 Å². The third kappa shape index (κ3) is 6.02. The number of nitrogens with one attached hydrogen (secondary N) is 1. The Morgan fingerprint density at radius 2 is 1.52 bits per heavy atom. The zero-order chi connectivity index (χ0) is 22.6. The average molecular weight is 459 g/mol. The largest absolute Gasteiger partial charge is 0.416 e. The van der Waals surface area contributed by atoms with Crippen molar-refractivity contribution in [2.24, 2.45) is 0 Å². The lowest BCUT2D eigenvalue weighted by Gasteiger charge is -2.33. The summed E-state index contributed by atoms with van der Waals surface area (Å²) in [6.07, 6.45) is -4.54. The van der Waals surface area contributed by atoms with E-state index in [0.29, 0.717) is 13.1 Å². The Hall–Kier alpha value is -2.50. The average Bonchev–Trinajstić information content (AvgIpc) is 2.73. The van der Waals surface area contributed by atoms with Gasteiger partial charge in [-0.05, 0) is 42.0 Å². The molecule has 0 aromatic heterocycles. The topological polar surface area (TPSA) is 69.7 Å². The first-order chi connectivity index (χ1) is 14.6. The lowest BCUT2D eigenvalue weighted by molar-refractivity contribution is -0.137. The molecule has 0 bridgehead atoms. The Morgan fingerprint density at radius 3 is 2.06 bits per heavy atom. The van der Waals surface area contributed by atoms with Crippen LogP contribution in [0.1, 0.15) is 11.1 Å². The molecule has 1 aliphatic heterocycles. The van der Waals surface area contributed by atoms with Gasteiger partial charge in [0.05, 0.1) is 17.0 Å². The van der Waals surface area contributed by atoms with Crippen molar-refractivity contribution >= 4 is 15.9 Å². The quantitative estimate of drug-likeness (QED) is 0.674. The number of benzene rings is 2. The van der Waals surface area contributed by atoms with Crippen LogP contribution in [0.15, 0.2) is 53.4 Å². The van der Waals surface area contributed by atoms with Crippen LogP contribution in [0, 0.1) is 5.82 Å². The van der Waals surface area contributed by atoms with Crippen LogP contribution in [0.3, 0.4) is 0 Å². The summed E-state index contributed by atoms with van der Waals surface area (Å²) in [5.41, 5.74) is -0.162. The first-order valence-corrected chi connectivity index (χ1v) is 10.9. The van der Waals surface area contributed by atoms with Crippen molar-refractivity contribution in [3.8, 4) is 0 Å². The summed E-state index contributed by atoms with van der Waals surface area (Å²) in [5, 5.41) is 2.72. The van der Waals surface area contributed by atoms with E-state index < -0.39 is 21.8 Å². The van der Waals surface area contributed by atoms with Crippen LogP contribution in [-0.4, -0.2) is 56.3 Å². The third-order valence-electron chi connectivity index (χ3n) is 4.92. The maximum atomic E-state index is 12.9. The van der Waals surface area contributed by atoms with Crippen molar-refractivity contribution in [1.29, 1.82) is 0 Å². The highest BCUT2D eigenvalue weighted by atomic mass is 32.2. The van der Waals surface area contributed by atoms with Gasteiger partial charge >= 0.3 is 6.18 Å². The number of alkyl halides is 3. The molecule has 6 nitrogen and oxygen atoms in total. The fourth-order valence-corrected chi connectivity index (χ4v) is 4.58. The fourth-order valence-electron chi connectivity index (χ4n) is 3.15. The molecule has 1 saturated heterocycles. The van der Waals surface area contributed by atoms with E-state index in [1.807, 2.05) is 0 Å². The van der Waals surface area contributed by atoms with Crippen LogP contribution in [0.5, 0.6) is 0 Å². The summed E-state index contributed by atoms with van der Waals surface area (Å²) >= 11 is 0. The molecule has 0 unspecified atom stereocenters. The highest BCUT2D eigenvalue weighted by molar-refractivity contribution is 7.89. The van der Waals surface area contributed by atoms with Gasteiger partial charge in [-0.25, -0.2) is 12.8 Å². The minimum Gasteiger partial charge on any atom is -0.351 e. The van der Waals surface area contributed by atoms with E-state index in [2.05, 4.69) is 5.32 Å². The molecule has 11 heteroatoms. The molecule has 0 radical (unpaired) electrons. The van der Waals surface area contributed by atoms with Crippen molar-refractivity contribution in [2.45, 2.75) is 17.6 Å². The molecule has 3 rings (SSSR count). The van der Waals surface area contributed by atoms with Crippen LogP contribution >= 0.6 is 0 Å². The van der Waals surface area contributed by atoms with Crippen molar-refractivity contribution < 1.29 is 30.8 Å². The molecule has 1 heterocycles. The number of rotatable bonds is 6. The maximum absolute atomic E-state index is 12.9. The number of hydrogen-bond donors (Lipinski definition) is 1. The molecule has 0 atom stereocenters. The van der Waals surface area contributed by atoms with Gasteiger partial charge in [0, 0.05) is 32.7 Å². The second-order valence-corrected chi connectivity index (χ2v) is 9.04. The normalized spacial score (nSPS) is 16.3. The number of halogens is 4. The third-order valence-corrected chi connectivity index (χ3v) is 6.83. The number of carbonyl (C=O) groups is 1. The summed E-state index contributed by atoms with van der Waals surface area (Å²) in [7, 11) is -3.92. The van der Waals surface area contributed by atoms with E-state index in [1.54, 1.807) is 17.0 Å². The summed E-state index contributed by atoms with van der Waals surface area (Å²) in [4.78, 5) is 13.7. The molecule has 0 spiro atoms. The first-order valence-electron chi connectivity index (χ1n) is 9.46. The number of piperazine rings is 1. The second kappa shape index (κ2) is 9.33. The molecule has 0 aliphatic carbocycles. The van der Waals surface area contributed by atoms with Crippen molar-refractivity contribution in [2.75, 3.05) is 32.7 Å². The smallest absolute Gasteiger partial charge is 0.351 e. The van der Waals surface area contributed by atoms with Crippen molar-refractivity contribution in [3.63, 3.8) is 0 Å². The standard InChI is InChI=1S/C20H21F4N3O3S/c21-17-5-1-15(2-6-17)13-25-19(28)14-26-9-11-27(12-10-26)31(29,30)18-7-3-16(4-8-18)20(22,23)24/h1-8H,9-14H2,(H,25,28). The maximum Gasteiger partial charge on any atom is 0.416 e. The van der Waals surface area contributed by atoms with Crippen LogP contribution in [0.25, 0.3) is 0 Å². The monoisotopic (exact) mass is 459 g/mol. The molecular formula is C20H21F4N3O3S. The Labute approximate surface area is 177 Å². The SMILES string of the molecule is O=C(CN1CCN(S(=O)(=O)c2ccc(C(F)(F)F)cc2)CC1)NCc1ccc(F)cc1. The van der Waals surface area contributed by atoms with Gasteiger partial charge in [0.2, 0.25) is 15.9 Å². The minimum atomic E-state index is -4.54. The number of sulfonamides is 1. The van der Waals surface area contributed by atoms with Crippen LogP contribution in [0.2, 0.25) is 0 Å². The molecule has 168 valence electrons. The van der Waals surface area contributed by atoms with Gasteiger partial charge in [0.15, 0.2) is 0 Å². The van der Waals surface area contributed by atoms with Gasteiger partial charge < -0.3 is 5.32 Å². The number of nitrogens with zero attached hydrogens (tertiary/aromatic N) is 2. The van der Waals surface area contributed by atoms with E-state index in [0.717, 1.165) is 29.8 Å². The van der Waals surface area contributed by atoms with Crippen LogP contribution in [-0.2, 0) is 27.5 Å². The molecule has 1 N–H and O–H groups in total. The summed E-state index contributed by atoms with van der Waals surface area (Å²) in [6, 6.07) is 9.14. The number of hydrogen-bond acceptors (Lipinski definition) is 4. The van der Waals surface area contributed by atoms with Gasteiger partial charge in [0.1, 0.15) is 5.82 Å². The Morgan fingerprint density at radius 1 is 0.935 bits per heavy atom. The highest BCUT2D eigenvalue weighted by Gasteiger charge is 2.32. The Balaban J connectivity index is 1.50. The van der Waals surface area contributed by atoms with Crippen LogP contribution < -0.4 is 5.32 Å². The van der Waals surface area contributed by atoms with E-state index in [1.165, 1.54) is 16.4 Å².